The van der Waals surface area contributed by atoms with E-state index in [4.69, 9.17) is 0 Å². The summed E-state index contributed by atoms with van der Waals surface area (Å²) in [4.78, 5) is 31.4. The van der Waals surface area contributed by atoms with Gasteiger partial charge in [0.05, 0.1) is 5.69 Å². The Balaban J connectivity index is 1.48. The average molecular weight is 369 g/mol. The van der Waals surface area contributed by atoms with Gasteiger partial charge in [0.2, 0.25) is 5.78 Å². The number of hydrogen-bond acceptors (Lipinski definition) is 5. The molecule has 1 amide bonds. The van der Waals surface area contributed by atoms with Crippen molar-refractivity contribution in [2.24, 2.45) is 13.0 Å². The van der Waals surface area contributed by atoms with Crippen molar-refractivity contribution in [2.75, 3.05) is 13.1 Å². The van der Waals surface area contributed by atoms with Crippen LogP contribution in [0.25, 0.3) is 11.3 Å². The molecule has 3 aromatic heterocycles. The molecule has 0 bridgehead atoms. The molecule has 0 radical (unpaired) electrons. The lowest BCUT2D eigenvalue weighted by Crippen LogP contribution is -2.42. The molecule has 0 aromatic carbocycles. The Morgan fingerprint density at radius 2 is 2.27 bits per heavy atom. The van der Waals surface area contributed by atoms with Crippen molar-refractivity contribution in [3.63, 3.8) is 0 Å². The van der Waals surface area contributed by atoms with Gasteiger partial charge in [-0.2, -0.15) is 16.4 Å². The number of amides is 1. The van der Waals surface area contributed by atoms with Gasteiger partial charge in [-0.3, -0.25) is 14.7 Å². The van der Waals surface area contributed by atoms with E-state index in [0.29, 0.717) is 24.6 Å². The predicted molar refractivity (Wildman–Crippen MR) is 98.1 cm³/mol. The van der Waals surface area contributed by atoms with Crippen LogP contribution in [0, 0.1) is 5.92 Å². The number of H-pyrrole nitrogens is 1. The van der Waals surface area contributed by atoms with Crippen LogP contribution in [0.1, 0.15) is 33.9 Å². The van der Waals surface area contributed by atoms with E-state index >= 15 is 0 Å². The van der Waals surface area contributed by atoms with E-state index in [1.165, 1.54) is 0 Å². The standard InChI is InChI=1S/C18H19N5O2S/c1-22-7-5-19-17(22)16(24)12-3-2-6-23(10-12)18(25)15-9-14(20-21-15)13-4-8-26-11-13/h4-5,7-9,11-12H,2-3,6,10H2,1H3,(H,20,21). The summed E-state index contributed by atoms with van der Waals surface area (Å²) < 4.78 is 1.73. The molecule has 1 aliphatic heterocycles. The fourth-order valence-electron chi connectivity index (χ4n) is 3.32. The lowest BCUT2D eigenvalue weighted by Gasteiger charge is -2.31. The normalized spacial score (nSPS) is 17.4. The number of ketones is 1. The lowest BCUT2D eigenvalue weighted by atomic mass is 9.93. The first-order valence-corrected chi connectivity index (χ1v) is 9.46. The smallest absolute Gasteiger partial charge is 0.271 e. The molecule has 3 aromatic rings. The van der Waals surface area contributed by atoms with Crippen molar-refractivity contribution in [1.29, 1.82) is 0 Å². The highest BCUT2D eigenvalue weighted by atomic mass is 32.1. The van der Waals surface area contributed by atoms with Crippen molar-refractivity contribution in [1.82, 2.24) is 24.6 Å². The number of aryl methyl sites for hydroxylation is 1. The first-order valence-electron chi connectivity index (χ1n) is 8.52. The number of carbonyl (C=O) groups is 2. The molecule has 4 rings (SSSR count). The Labute approximate surface area is 154 Å². The van der Waals surface area contributed by atoms with Crippen LogP contribution in [0.5, 0.6) is 0 Å². The summed E-state index contributed by atoms with van der Waals surface area (Å²) >= 11 is 1.59. The van der Waals surface area contributed by atoms with Gasteiger partial charge < -0.3 is 9.47 Å². The first kappa shape index (κ1) is 16.7. The van der Waals surface area contributed by atoms with E-state index in [9.17, 15) is 9.59 Å². The molecular weight excluding hydrogens is 350 g/mol. The van der Waals surface area contributed by atoms with E-state index < -0.39 is 0 Å². The zero-order valence-corrected chi connectivity index (χ0v) is 15.2. The second kappa shape index (κ2) is 6.87. The molecule has 0 spiro atoms. The zero-order valence-electron chi connectivity index (χ0n) is 14.4. The summed E-state index contributed by atoms with van der Waals surface area (Å²) in [5.74, 6) is 0.119. The number of piperidine rings is 1. The number of hydrogen-bond donors (Lipinski definition) is 1. The highest BCUT2D eigenvalue weighted by Crippen LogP contribution is 2.24. The quantitative estimate of drug-likeness (QED) is 0.717. The summed E-state index contributed by atoms with van der Waals surface area (Å²) in [6.45, 7) is 1.06. The van der Waals surface area contributed by atoms with Crippen molar-refractivity contribution < 1.29 is 9.59 Å². The number of thiophene rings is 1. The van der Waals surface area contributed by atoms with Crippen LogP contribution in [0.15, 0.2) is 35.3 Å². The van der Waals surface area contributed by atoms with Crippen LogP contribution < -0.4 is 0 Å². The van der Waals surface area contributed by atoms with Crippen molar-refractivity contribution in [2.45, 2.75) is 12.8 Å². The van der Waals surface area contributed by atoms with Gasteiger partial charge >= 0.3 is 0 Å². The average Bonchev–Trinajstić information content (AvgIpc) is 3.41. The van der Waals surface area contributed by atoms with E-state index in [2.05, 4.69) is 15.2 Å². The molecule has 1 atom stereocenters. The molecule has 0 saturated carbocycles. The van der Waals surface area contributed by atoms with Crippen LogP contribution in [0.3, 0.4) is 0 Å². The van der Waals surface area contributed by atoms with E-state index in [1.54, 1.807) is 39.3 Å². The lowest BCUT2D eigenvalue weighted by molar-refractivity contribution is 0.0628. The predicted octanol–water partition coefficient (Wildman–Crippen LogP) is 2.61. The summed E-state index contributed by atoms with van der Waals surface area (Å²) in [6, 6.07) is 3.74. The maximum Gasteiger partial charge on any atom is 0.271 e. The Morgan fingerprint density at radius 1 is 1.38 bits per heavy atom. The number of nitrogens with one attached hydrogen (secondary N) is 1. The van der Waals surface area contributed by atoms with E-state index in [0.717, 1.165) is 24.1 Å². The number of aromatic amines is 1. The Hall–Kier alpha value is -2.74. The highest BCUT2D eigenvalue weighted by Gasteiger charge is 2.31. The van der Waals surface area contributed by atoms with E-state index in [1.807, 2.05) is 23.9 Å². The number of Topliss-reactive ketones (excluding diaryl/α,β-unsaturated/α-hetero) is 1. The minimum absolute atomic E-state index is 0.00132. The van der Waals surface area contributed by atoms with Crippen LogP contribution in [0.4, 0.5) is 0 Å². The second-order valence-corrected chi connectivity index (χ2v) is 7.28. The number of nitrogens with zero attached hydrogens (tertiary/aromatic N) is 4. The van der Waals surface area contributed by atoms with Gasteiger partial charge in [0.25, 0.3) is 5.91 Å². The van der Waals surface area contributed by atoms with Gasteiger partial charge in [0, 0.05) is 49.4 Å². The number of aromatic nitrogens is 4. The van der Waals surface area contributed by atoms with Gasteiger partial charge in [-0.05, 0) is 30.4 Å². The monoisotopic (exact) mass is 369 g/mol. The molecule has 134 valence electrons. The van der Waals surface area contributed by atoms with Crippen LogP contribution in [-0.2, 0) is 7.05 Å². The minimum Gasteiger partial charge on any atom is -0.337 e. The van der Waals surface area contributed by atoms with Crippen LogP contribution in [0.2, 0.25) is 0 Å². The van der Waals surface area contributed by atoms with Gasteiger partial charge in [0.1, 0.15) is 5.69 Å². The Kier molecular flexibility index (Phi) is 4.42. The molecule has 1 N–H and O–H groups in total. The summed E-state index contributed by atoms with van der Waals surface area (Å²) in [7, 11) is 1.81. The minimum atomic E-state index is -0.215. The molecule has 1 saturated heterocycles. The highest BCUT2D eigenvalue weighted by molar-refractivity contribution is 7.08. The maximum atomic E-state index is 12.8. The summed E-state index contributed by atoms with van der Waals surface area (Å²) in [5.41, 5.74) is 2.20. The fraction of sp³-hybridized carbons (Fsp3) is 0.333. The zero-order chi connectivity index (χ0) is 18.1. The third kappa shape index (κ3) is 3.08. The Morgan fingerprint density at radius 3 is 3.00 bits per heavy atom. The van der Waals surface area contributed by atoms with Gasteiger partial charge in [0.15, 0.2) is 5.82 Å². The fourth-order valence-corrected chi connectivity index (χ4v) is 3.97. The van der Waals surface area contributed by atoms with Crippen molar-refractivity contribution in [3.05, 3.63) is 46.8 Å². The largest absolute Gasteiger partial charge is 0.337 e. The molecule has 1 aliphatic rings. The van der Waals surface area contributed by atoms with Crippen molar-refractivity contribution in [3.8, 4) is 11.3 Å². The van der Waals surface area contributed by atoms with Crippen LogP contribution >= 0.6 is 11.3 Å². The summed E-state index contributed by atoms with van der Waals surface area (Å²) in [6.07, 6.45) is 4.96. The van der Waals surface area contributed by atoms with Crippen LogP contribution in [-0.4, -0.2) is 49.4 Å². The molecular formula is C18H19N5O2S. The third-order valence-corrected chi connectivity index (χ3v) is 5.43. The molecule has 7 nitrogen and oxygen atoms in total. The number of imidazole rings is 1. The molecule has 26 heavy (non-hydrogen) atoms. The van der Waals surface area contributed by atoms with E-state index in [-0.39, 0.29) is 17.6 Å². The molecule has 1 unspecified atom stereocenters. The Bertz CT molecular complexity index is 927. The maximum absolute atomic E-state index is 12.8. The first-order chi connectivity index (χ1) is 12.6. The third-order valence-electron chi connectivity index (χ3n) is 4.75. The number of rotatable bonds is 4. The molecule has 1 fully saturated rings. The van der Waals surface area contributed by atoms with Crippen molar-refractivity contribution >= 4 is 23.0 Å². The molecule has 4 heterocycles. The molecule has 8 heteroatoms. The number of carbonyl (C=O) groups excluding carboxylic acids is 2. The topological polar surface area (TPSA) is 83.9 Å². The second-order valence-electron chi connectivity index (χ2n) is 6.50. The van der Waals surface area contributed by atoms with Gasteiger partial charge in [-0.15, -0.1) is 0 Å². The van der Waals surface area contributed by atoms with Gasteiger partial charge in [-0.25, -0.2) is 4.98 Å². The van der Waals surface area contributed by atoms with Gasteiger partial charge in [-0.1, -0.05) is 0 Å². The number of likely N-dealkylation sites (tertiary alicyclic amines) is 1. The molecule has 0 aliphatic carbocycles. The summed E-state index contributed by atoms with van der Waals surface area (Å²) in [5, 5.41) is 11.0. The SMILES string of the molecule is Cn1ccnc1C(=O)C1CCCN(C(=O)c2cc(-c3ccsc3)n[nH]2)C1.